The Bertz CT molecular complexity index is 638. The third-order valence-electron chi connectivity index (χ3n) is 3.71. The molecule has 0 heterocycles. The SMILES string of the molecule is CCC(C)NC(=O)CCNC(=NC)NCc1ccc(F)cc1C(F)(F)F.I. The highest BCUT2D eigenvalue weighted by atomic mass is 127. The van der Waals surface area contributed by atoms with Gasteiger partial charge in [-0.2, -0.15) is 13.2 Å². The summed E-state index contributed by atoms with van der Waals surface area (Å²) in [5, 5.41) is 8.39. The molecule has 0 radical (unpaired) electrons. The largest absolute Gasteiger partial charge is 0.416 e. The van der Waals surface area contributed by atoms with Gasteiger partial charge in [0.05, 0.1) is 5.56 Å². The zero-order valence-corrected chi connectivity index (χ0v) is 17.7. The van der Waals surface area contributed by atoms with E-state index in [9.17, 15) is 22.4 Å². The summed E-state index contributed by atoms with van der Waals surface area (Å²) in [4.78, 5) is 15.6. The van der Waals surface area contributed by atoms with E-state index in [-0.39, 0.29) is 67.0 Å². The molecule has 1 aromatic carbocycles. The Balaban J connectivity index is 0.00000676. The Morgan fingerprint density at radius 3 is 2.48 bits per heavy atom. The number of aliphatic imine (C=N–C) groups is 1. The molecule has 1 amide bonds. The third-order valence-corrected chi connectivity index (χ3v) is 3.71. The van der Waals surface area contributed by atoms with Crippen molar-refractivity contribution in [3.05, 3.63) is 35.1 Å². The highest BCUT2D eigenvalue weighted by molar-refractivity contribution is 14.0. The molecule has 0 bridgehead atoms. The van der Waals surface area contributed by atoms with Crippen molar-refractivity contribution in [1.82, 2.24) is 16.0 Å². The molecule has 27 heavy (non-hydrogen) atoms. The number of nitrogens with zero attached hydrogens (tertiary/aromatic N) is 1. The van der Waals surface area contributed by atoms with E-state index < -0.39 is 17.6 Å². The smallest absolute Gasteiger partial charge is 0.356 e. The van der Waals surface area contributed by atoms with Crippen LogP contribution in [0.3, 0.4) is 0 Å². The van der Waals surface area contributed by atoms with Crippen LogP contribution in [-0.2, 0) is 17.5 Å². The van der Waals surface area contributed by atoms with Crippen molar-refractivity contribution in [2.75, 3.05) is 13.6 Å². The second-order valence-corrected chi connectivity index (χ2v) is 5.78. The molecule has 0 spiro atoms. The molecule has 5 nitrogen and oxygen atoms in total. The second-order valence-electron chi connectivity index (χ2n) is 5.78. The van der Waals surface area contributed by atoms with Crippen molar-refractivity contribution >= 4 is 35.8 Å². The predicted molar refractivity (Wildman–Crippen MR) is 108 cm³/mol. The molecule has 0 saturated carbocycles. The Morgan fingerprint density at radius 2 is 1.93 bits per heavy atom. The minimum atomic E-state index is -4.65. The number of amides is 1. The van der Waals surface area contributed by atoms with E-state index >= 15 is 0 Å². The Hall–Kier alpha value is -1.59. The van der Waals surface area contributed by atoms with E-state index in [2.05, 4.69) is 20.9 Å². The quantitative estimate of drug-likeness (QED) is 0.231. The summed E-state index contributed by atoms with van der Waals surface area (Å²) in [5.41, 5.74) is -1.13. The van der Waals surface area contributed by atoms with Crippen molar-refractivity contribution in [2.45, 2.75) is 45.5 Å². The van der Waals surface area contributed by atoms with E-state index in [1.165, 1.54) is 7.05 Å². The predicted octanol–water partition coefficient (Wildman–Crippen LogP) is 3.43. The maximum absolute atomic E-state index is 13.1. The van der Waals surface area contributed by atoms with Gasteiger partial charge in [0.25, 0.3) is 0 Å². The average Bonchev–Trinajstić information content (AvgIpc) is 2.57. The Kier molecular flexibility index (Phi) is 11.3. The lowest BCUT2D eigenvalue weighted by Gasteiger charge is -2.16. The summed E-state index contributed by atoms with van der Waals surface area (Å²) < 4.78 is 52.0. The van der Waals surface area contributed by atoms with Crippen molar-refractivity contribution in [2.24, 2.45) is 4.99 Å². The molecule has 0 aliphatic carbocycles. The number of alkyl halides is 3. The zero-order valence-electron chi connectivity index (χ0n) is 15.4. The summed E-state index contributed by atoms with van der Waals surface area (Å²) in [6.07, 6.45) is -3.62. The molecule has 0 saturated heterocycles. The molecule has 1 atom stereocenters. The molecule has 1 unspecified atom stereocenters. The molecule has 1 aromatic rings. The van der Waals surface area contributed by atoms with Crippen molar-refractivity contribution in [3.63, 3.8) is 0 Å². The van der Waals surface area contributed by atoms with Gasteiger partial charge in [0.1, 0.15) is 5.82 Å². The van der Waals surface area contributed by atoms with Crippen LogP contribution in [0.5, 0.6) is 0 Å². The van der Waals surface area contributed by atoms with Crippen LogP contribution >= 0.6 is 24.0 Å². The lowest BCUT2D eigenvalue weighted by molar-refractivity contribution is -0.138. The van der Waals surface area contributed by atoms with Gasteiger partial charge in [0.2, 0.25) is 5.91 Å². The number of nitrogens with one attached hydrogen (secondary N) is 3. The summed E-state index contributed by atoms with van der Waals surface area (Å²) >= 11 is 0. The van der Waals surface area contributed by atoms with Crippen LogP contribution < -0.4 is 16.0 Å². The van der Waals surface area contributed by atoms with Crippen LogP contribution in [0.1, 0.15) is 37.8 Å². The molecule has 0 aliphatic heterocycles. The number of carbonyl (C=O) groups is 1. The molecule has 3 N–H and O–H groups in total. The molecule has 1 rings (SSSR count). The second kappa shape index (κ2) is 12.0. The highest BCUT2D eigenvalue weighted by Crippen LogP contribution is 2.32. The minimum Gasteiger partial charge on any atom is -0.356 e. The molecule has 154 valence electrons. The summed E-state index contributed by atoms with van der Waals surface area (Å²) in [5.74, 6) is -0.824. The molecule has 0 aromatic heterocycles. The number of benzene rings is 1. The van der Waals surface area contributed by atoms with Crippen LogP contribution in [0.2, 0.25) is 0 Å². The lowest BCUT2D eigenvalue weighted by Crippen LogP contribution is -2.40. The molecule has 10 heteroatoms. The first kappa shape index (κ1) is 25.4. The van der Waals surface area contributed by atoms with Gasteiger partial charge in [-0.15, -0.1) is 24.0 Å². The van der Waals surface area contributed by atoms with Gasteiger partial charge in [-0.25, -0.2) is 4.39 Å². The van der Waals surface area contributed by atoms with Crippen LogP contribution in [0.15, 0.2) is 23.2 Å². The van der Waals surface area contributed by atoms with Gasteiger partial charge in [0, 0.05) is 32.6 Å². The van der Waals surface area contributed by atoms with Gasteiger partial charge in [-0.05, 0) is 31.0 Å². The first-order chi connectivity index (χ1) is 12.2. The maximum atomic E-state index is 13.1. The monoisotopic (exact) mass is 504 g/mol. The van der Waals surface area contributed by atoms with E-state index in [0.29, 0.717) is 6.07 Å². The van der Waals surface area contributed by atoms with Gasteiger partial charge in [-0.3, -0.25) is 9.79 Å². The topological polar surface area (TPSA) is 65.5 Å². The van der Waals surface area contributed by atoms with Gasteiger partial charge < -0.3 is 16.0 Å². The standard InChI is InChI=1S/C17H24F4N4O.HI/c1-4-11(2)25-15(26)7-8-23-16(22-3)24-10-12-5-6-13(18)9-14(12)17(19,20)21;/h5-6,9,11H,4,7-8,10H2,1-3H3,(H,25,26)(H2,22,23,24);1H. The van der Waals surface area contributed by atoms with Crippen LogP contribution in [0, 0.1) is 5.82 Å². The van der Waals surface area contributed by atoms with Crippen molar-refractivity contribution in [3.8, 4) is 0 Å². The van der Waals surface area contributed by atoms with Crippen molar-refractivity contribution in [1.29, 1.82) is 0 Å². The summed E-state index contributed by atoms with van der Waals surface area (Å²) in [7, 11) is 1.46. The number of halogens is 5. The van der Waals surface area contributed by atoms with Crippen LogP contribution in [0.25, 0.3) is 0 Å². The van der Waals surface area contributed by atoms with Crippen LogP contribution in [0.4, 0.5) is 17.6 Å². The van der Waals surface area contributed by atoms with E-state index in [1.807, 2.05) is 13.8 Å². The van der Waals surface area contributed by atoms with E-state index in [4.69, 9.17) is 0 Å². The summed E-state index contributed by atoms with van der Waals surface area (Å²) in [6.45, 7) is 3.94. The minimum absolute atomic E-state index is 0. The summed E-state index contributed by atoms with van der Waals surface area (Å²) in [6, 6.07) is 2.60. The van der Waals surface area contributed by atoms with Gasteiger partial charge >= 0.3 is 6.18 Å². The number of guanidine groups is 1. The number of hydrogen-bond donors (Lipinski definition) is 3. The first-order valence-corrected chi connectivity index (χ1v) is 8.26. The first-order valence-electron chi connectivity index (χ1n) is 8.26. The Labute approximate surface area is 173 Å². The number of hydrogen-bond acceptors (Lipinski definition) is 2. The maximum Gasteiger partial charge on any atom is 0.416 e. The molecule has 0 aliphatic rings. The number of carbonyl (C=O) groups excluding carboxylic acids is 1. The fraction of sp³-hybridized carbons (Fsp3) is 0.529. The Morgan fingerprint density at radius 1 is 1.26 bits per heavy atom. The fourth-order valence-electron chi connectivity index (χ4n) is 2.11. The number of rotatable bonds is 7. The van der Waals surface area contributed by atoms with Crippen molar-refractivity contribution < 1.29 is 22.4 Å². The lowest BCUT2D eigenvalue weighted by atomic mass is 10.1. The van der Waals surface area contributed by atoms with E-state index in [0.717, 1.165) is 18.6 Å². The highest BCUT2D eigenvalue weighted by Gasteiger charge is 2.33. The molecular weight excluding hydrogens is 479 g/mol. The zero-order chi connectivity index (χ0) is 19.7. The van der Waals surface area contributed by atoms with Gasteiger partial charge in [-0.1, -0.05) is 13.0 Å². The normalized spacial score (nSPS) is 12.8. The van der Waals surface area contributed by atoms with Crippen LogP contribution in [-0.4, -0.2) is 31.5 Å². The van der Waals surface area contributed by atoms with Gasteiger partial charge in [0.15, 0.2) is 5.96 Å². The fourth-order valence-corrected chi connectivity index (χ4v) is 2.11. The van der Waals surface area contributed by atoms with E-state index in [1.54, 1.807) is 0 Å². The molecule has 0 fully saturated rings. The third kappa shape index (κ3) is 9.25. The molecular formula is C17H25F4IN4O. The average molecular weight is 504 g/mol.